The van der Waals surface area contributed by atoms with Gasteiger partial charge in [0.2, 0.25) is 11.9 Å². The summed E-state index contributed by atoms with van der Waals surface area (Å²) in [7, 11) is 3.54. The first kappa shape index (κ1) is 17.8. The molecule has 8 heteroatoms. The third-order valence-corrected chi connectivity index (χ3v) is 5.37. The summed E-state index contributed by atoms with van der Waals surface area (Å²) in [4.78, 5) is 16.1. The number of piperidine rings is 1. The fraction of sp³-hybridized carbons (Fsp3) is 0.588. The average molecular weight is 363 g/mol. The van der Waals surface area contributed by atoms with Gasteiger partial charge in [0.1, 0.15) is 5.76 Å². The molecule has 0 unspecified atom stereocenters. The van der Waals surface area contributed by atoms with Crippen LogP contribution < -0.4 is 4.90 Å². The number of furan rings is 1. The minimum Gasteiger partial charge on any atom is -0.467 e. The van der Waals surface area contributed by atoms with Crippen LogP contribution in [0.2, 0.25) is 0 Å². The lowest BCUT2D eigenvalue weighted by molar-refractivity contribution is -0.127. The van der Waals surface area contributed by atoms with Crippen molar-refractivity contribution in [1.29, 1.82) is 0 Å². The van der Waals surface area contributed by atoms with E-state index in [9.17, 15) is 4.79 Å². The molecule has 0 bridgehead atoms. The molecule has 3 heterocycles. The molecule has 1 aliphatic heterocycles. The standard InChI is InChI=1S/C17H25N5O2S/c1-13(15(23)20(2)3)25-17-19-18-16(21-9-5-4-6-10-21)22(17)12-14-8-7-11-24-14/h7-8,11,13H,4-6,9-10,12H2,1-3H3/t13-/m1/s1. The third-order valence-electron chi connectivity index (χ3n) is 4.30. The van der Waals surface area contributed by atoms with Crippen molar-refractivity contribution in [3.8, 4) is 0 Å². The quantitative estimate of drug-likeness (QED) is 0.735. The largest absolute Gasteiger partial charge is 0.467 e. The van der Waals surface area contributed by atoms with E-state index in [1.54, 1.807) is 25.3 Å². The van der Waals surface area contributed by atoms with Crippen LogP contribution in [-0.4, -0.2) is 58.0 Å². The smallest absolute Gasteiger partial charge is 0.235 e. The Morgan fingerprint density at radius 1 is 1.32 bits per heavy atom. The lowest BCUT2D eigenvalue weighted by atomic mass is 10.1. The molecular weight excluding hydrogens is 338 g/mol. The molecule has 0 saturated carbocycles. The summed E-state index contributed by atoms with van der Waals surface area (Å²) in [6.45, 7) is 4.46. The van der Waals surface area contributed by atoms with Crippen molar-refractivity contribution in [2.45, 2.75) is 43.1 Å². The second-order valence-corrected chi connectivity index (χ2v) is 7.80. The Kier molecular flexibility index (Phi) is 5.67. The van der Waals surface area contributed by atoms with Gasteiger partial charge in [0.25, 0.3) is 0 Å². The highest BCUT2D eigenvalue weighted by atomic mass is 32.2. The molecule has 0 aliphatic carbocycles. The molecular formula is C17H25N5O2S. The van der Waals surface area contributed by atoms with E-state index in [0.29, 0.717) is 6.54 Å². The first-order chi connectivity index (χ1) is 12.1. The number of rotatable bonds is 6. The van der Waals surface area contributed by atoms with E-state index < -0.39 is 0 Å². The second kappa shape index (κ2) is 7.95. The zero-order chi connectivity index (χ0) is 17.8. The first-order valence-electron chi connectivity index (χ1n) is 8.64. The molecule has 0 aromatic carbocycles. The number of nitrogens with zero attached hydrogens (tertiary/aromatic N) is 5. The number of carbonyl (C=O) groups is 1. The highest BCUT2D eigenvalue weighted by molar-refractivity contribution is 8.00. The predicted octanol–water partition coefficient (Wildman–Crippen LogP) is 2.48. The molecule has 0 radical (unpaired) electrons. The van der Waals surface area contributed by atoms with Gasteiger partial charge in [-0.2, -0.15) is 0 Å². The fourth-order valence-corrected chi connectivity index (χ4v) is 3.95. The molecule has 1 amide bonds. The van der Waals surface area contributed by atoms with Gasteiger partial charge in [-0.05, 0) is 38.3 Å². The van der Waals surface area contributed by atoms with Gasteiger partial charge in [-0.1, -0.05) is 11.8 Å². The van der Waals surface area contributed by atoms with Crippen molar-refractivity contribution in [3.05, 3.63) is 24.2 Å². The zero-order valence-corrected chi connectivity index (χ0v) is 15.8. The summed E-state index contributed by atoms with van der Waals surface area (Å²) in [6, 6.07) is 3.83. The van der Waals surface area contributed by atoms with E-state index in [1.165, 1.54) is 31.0 Å². The van der Waals surface area contributed by atoms with Gasteiger partial charge in [0.15, 0.2) is 5.16 Å². The van der Waals surface area contributed by atoms with Crippen LogP contribution in [0.25, 0.3) is 0 Å². The maximum absolute atomic E-state index is 12.2. The molecule has 0 N–H and O–H groups in total. The van der Waals surface area contributed by atoms with Gasteiger partial charge in [-0.15, -0.1) is 10.2 Å². The molecule has 0 spiro atoms. The molecule has 25 heavy (non-hydrogen) atoms. The fourth-order valence-electron chi connectivity index (χ4n) is 2.96. The molecule has 7 nitrogen and oxygen atoms in total. The Bertz CT molecular complexity index is 692. The monoisotopic (exact) mass is 363 g/mol. The van der Waals surface area contributed by atoms with E-state index in [-0.39, 0.29) is 11.2 Å². The molecule has 3 rings (SSSR count). The third kappa shape index (κ3) is 4.18. The van der Waals surface area contributed by atoms with E-state index in [2.05, 4.69) is 19.7 Å². The minimum absolute atomic E-state index is 0.0667. The van der Waals surface area contributed by atoms with Crippen molar-refractivity contribution in [1.82, 2.24) is 19.7 Å². The van der Waals surface area contributed by atoms with Crippen molar-refractivity contribution in [3.63, 3.8) is 0 Å². The lowest BCUT2D eigenvalue weighted by Gasteiger charge is -2.27. The van der Waals surface area contributed by atoms with Crippen molar-refractivity contribution >= 4 is 23.6 Å². The Morgan fingerprint density at radius 3 is 2.72 bits per heavy atom. The number of anilines is 1. The number of carbonyl (C=O) groups excluding carboxylic acids is 1. The van der Waals surface area contributed by atoms with Gasteiger partial charge in [-0.3, -0.25) is 9.36 Å². The lowest BCUT2D eigenvalue weighted by Crippen LogP contribution is -2.32. The topological polar surface area (TPSA) is 67.4 Å². The van der Waals surface area contributed by atoms with Gasteiger partial charge in [0, 0.05) is 27.2 Å². The van der Waals surface area contributed by atoms with E-state index >= 15 is 0 Å². The number of hydrogen-bond donors (Lipinski definition) is 0. The van der Waals surface area contributed by atoms with E-state index in [0.717, 1.165) is 30.0 Å². The molecule has 136 valence electrons. The van der Waals surface area contributed by atoms with Gasteiger partial charge in [0.05, 0.1) is 18.1 Å². The van der Waals surface area contributed by atoms with Crippen LogP contribution in [0.3, 0.4) is 0 Å². The second-order valence-electron chi connectivity index (χ2n) is 6.49. The minimum atomic E-state index is -0.219. The van der Waals surface area contributed by atoms with E-state index in [1.807, 2.05) is 19.1 Å². The summed E-state index contributed by atoms with van der Waals surface area (Å²) in [5.41, 5.74) is 0. The predicted molar refractivity (Wildman–Crippen MR) is 97.9 cm³/mol. The van der Waals surface area contributed by atoms with Crippen LogP contribution in [0, 0.1) is 0 Å². The summed E-state index contributed by atoms with van der Waals surface area (Å²) >= 11 is 1.44. The van der Waals surface area contributed by atoms with Crippen LogP contribution in [0.5, 0.6) is 0 Å². The van der Waals surface area contributed by atoms with Crippen LogP contribution >= 0.6 is 11.8 Å². The SMILES string of the molecule is C[C@@H](Sc1nnc(N2CCCCC2)n1Cc1ccco1)C(=O)N(C)C. The molecule has 1 atom stereocenters. The van der Waals surface area contributed by atoms with Crippen molar-refractivity contribution in [2.24, 2.45) is 0 Å². The molecule has 1 fully saturated rings. The molecule has 2 aromatic rings. The number of hydrogen-bond acceptors (Lipinski definition) is 6. The van der Waals surface area contributed by atoms with E-state index in [4.69, 9.17) is 4.42 Å². The highest BCUT2D eigenvalue weighted by Crippen LogP contribution is 2.28. The van der Waals surface area contributed by atoms with Gasteiger partial charge < -0.3 is 14.2 Å². The van der Waals surface area contributed by atoms with Crippen LogP contribution in [0.1, 0.15) is 31.9 Å². The van der Waals surface area contributed by atoms with Crippen LogP contribution in [-0.2, 0) is 11.3 Å². The number of thioether (sulfide) groups is 1. The average Bonchev–Trinajstić information content (AvgIpc) is 3.26. The maximum Gasteiger partial charge on any atom is 0.235 e. The Labute approximate surface area is 152 Å². The zero-order valence-electron chi connectivity index (χ0n) is 15.0. The molecule has 2 aromatic heterocycles. The van der Waals surface area contributed by atoms with Crippen LogP contribution in [0.4, 0.5) is 5.95 Å². The Balaban J connectivity index is 1.86. The summed E-state index contributed by atoms with van der Waals surface area (Å²) < 4.78 is 7.58. The number of amides is 1. The van der Waals surface area contributed by atoms with Gasteiger partial charge in [-0.25, -0.2) is 0 Å². The molecule has 1 aliphatic rings. The normalized spacial score (nSPS) is 16.0. The summed E-state index contributed by atoms with van der Waals surface area (Å²) in [6.07, 6.45) is 5.28. The highest BCUT2D eigenvalue weighted by Gasteiger charge is 2.24. The van der Waals surface area contributed by atoms with Crippen molar-refractivity contribution in [2.75, 3.05) is 32.1 Å². The first-order valence-corrected chi connectivity index (χ1v) is 9.52. The summed E-state index contributed by atoms with van der Waals surface area (Å²) in [5, 5.41) is 9.34. The number of aromatic nitrogens is 3. The van der Waals surface area contributed by atoms with Crippen LogP contribution in [0.15, 0.2) is 28.0 Å². The Morgan fingerprint density at radius 2 is 2.08 bits per heavy atom. The molecule has 1 saturated heterocycles. The van der Waals surface area contributed by atoms with Crippen molar-refractivity contribution < 1.29 is 9.21 Å². The Hall–Kier alpha value is -1.96. The van der Waals surface area contributed by atoms with Gasteiger partial charge >= 0.3 is 0 Å². The maximum atomic E-state index is 12.2. The summed E-state index contributed by atoms with van der Waals surface area (Å²) in [5.74, 6) is 1.78.